The maximum absolute atomic E-state index is 12.7. The number of hydrogen-bond donors (Lipinski definition) is 2. The van der Waals surface area contributed by atoms with E-state index in [1.807, 2.05) is 19.1 Å². The van der Waals surface area contributed by atoms with Crippen LogP contribution < -0.4 is 11.1 Å². The van der Waals surface area contributed by atoms with E-state index in [9.17, 15) is 9.59 Å². The molecule has 5 nitrogen and oxygen atoms in total. The molecule has 1 aliphatic carbocycles. The standard InChI is InChI=1S/C18H26N2O3/c1-18(10-4-3-5-11-18)17(22)20-15(16(21)23-2)12-13-6-8-14(19)9-7-13/h6-9,15H,3-5,10-12,19H2,1-2H3,(H,20,22)/t15-/m0/s1. The number of carbonyl (C=O) groups is 2. The number of methoxy groups -OCH3 is 1. The van der Waals surface area contributed by atoms with Crippen LogP contribution in [0.25, 0.3) is 0 Å². The summed E-state index contributed by atoms with van der Waals surface area (Å²) in [5.41, 5.74) is 6.90. The molecule has 1 atom stereocenters. The molecule has 3 N–H and O–H groups in total. The molecule has 0 aromatic heterocycles. The first-order chi connectivity index (χ1) is 10.9. The van der Waals surface area contributed by atoms with Crippen LogP contribution >= 0.6 is 0 Å². The first-order valence-electron chi connectivity index (χ1n) is 8.18. The van der Waals surface area contributed by atoms with Crippen molar-refractivity contribution in [2.24, 2.45) is 5.41 Å². The van der Waals surface area contributed by atoms with Crippen LogP contribution in [0.5, 0.6) is 0 Å². The van der Waals surface area contributed by atoms with Crippen molar-refractivity contribution in [2.75, 3.05) is 12.8 Å². The molecule has 1 aliphatic rings. The quantitative estimate of drug-likeness (QED) is 0.645. The van der Waals surface area contributed by atoms with Gasteiger partial charge in [-0.05, 0) is 30.5 Å². The number of hydrogen-bond acceptors (Lipinski definition) is 4. The van der Waals surface area contributed by atoms with Crippen molar-refractivity contribution in [1.29, 1.82) is 0 Å². The van der Waals surface area contributed by atoms with E-state index in [-0.39, 0.29) is 11.3 Å². The highest BCUT2D eigenvalue weighted by atomic mass is 16.5. The van der Waals surface area contributed by atoms with Crippen LogP contribution in [0.3, 0.4) is 0 Å². The van der Waals surface area contributed by atoms with E-state index in [2.05, 4.69) is 5.32 Å². The minimum atomic E-state index is -0.671. The third-order valence-corrected chi connectivity index (χ3v) is 4.72. The van der Waals surface area contributed by atoms with Gasteiger partial charge in [0.15, 0.2) is 0 Å². The highest BCUT2D eigenvalue weighted by molar-refractivity contribution is 5.88. The topological polar surface area (TPSA) is 81.4 Å². The summed E-state index contributed by atoms with van der Waals surface area (Å²) in [6, 6.07) is 6.62. The van der Waals surface area contributed by atoms with Crippen molar-refractivity contribution >= 4 is 17.6 Å². The zero-order valence-electron chi connectivity index (χ0n) is 13.9. The van der Waals surface area contributed by atoms with Crippen LogP contribution in [0.4, 0.5) is 5.69 Å². The molecule has 2 rings (SSSR count). The predicted octanol–water partition coefficient (Wildman–Crippen LogP) is 2.44. The Labute approximate surface area is 137 Å². The van der Waals surface area contributed by atoms with Crippen LogP contribution in [-0.2, 0) is 20.7 Å². The average Bonchev–Trinajstić information content (AvgIpc) is 2.56. The number of carbonyl (C=O) groups excluding carboxylic acids is 2. The Balaban J connectivity index is 2.07. The van der Waals surface area contributed by atoms with E-state index < -0.39 is 12.0 Å². The molecule has 0 radical (unpaired) electrons. The van der Waals surface area contributed by atoms with Crippen molar-refractivity contribution in [2.45, 2.75) is 51.5 Å². The minimum Gasteiger partial charge on any atom is -0.467 e. The second-order valence-corrected chi connectivity index (χ2v) is 6.62. The Morgan fingerprint density at radius 1 is 1.22 bits per heavy atom. The average molecular weight is 318 g/mol. The molecule has 1 saturated carbocycles. The maximum Gasteiger partial charge on any atom is 0.328 e. The summed E-state index contributed by atoms with van der Waals surface area (Å²) in [5.74, 6) is -0.474. The molecule has 0 heterocycles. The van der Waals surface area contributed by atoms with E-state index in [0.29, 0.717) is 12.1 Å². The zero-order valence-corrected chi connectivity index (χ0v) is 13.9. The number of nitrogen functional groups attached to an aromatic ring is 1. The van der Waals surface area contributed by atoms with Crippen molar-refractivity contribution < 1.29 is 14.3 Å². The Bertz CT molecular complexity index is 548. The van der Waals surface area contributed by atoms with Crippen LogP contribution in [0.1, 0.15) is 44.6 Å². The lowest BCUT2D eigenvalue weighted by Gasteiger charge is -2.33. The number of rotatable bonds is 5. The molecular weight excluding hydrogens is 292 g/mol. The molecule has 23 heavy (non-hydrogen) atoms. The molecule has 5 heteroatoms. The highest BCUT2D eigenvalue weighted by Gasteiger charge is 2.36. The van der Waals surface area contributed by atoms with Gasteiger partial charge in [0.05, 0.1) is 7.11 Å². The lowest BCUT2D eigenvalue weighted by atomic mass is 9.75. The van der Waals surface area contributed by atoms with E-state index in [4.69, 9.17) is 10.5 Å². The molecule has 0 aliphatic heterocycles. The Morgan fingerprint density at radius 3 is 2.39 bits per heavy atom. The molecule has 1 amide bonds. The number of ether oxygens (including phenoxy) is 1. The number of amides is 1. The van der Waals surface area contributed by atoms with Crippen molar-refractivity contribution in [3.63, 3.8) is 0 Å². The molecule has 126 valence electrons. The van der Waals surface area contributed by atoms with E-state index >= 15 is 0 Å². The monoisotopic (exact) mass is 318 g/mol. The predicted molar refractivity (Wildman–Crippen MR) is 89.7 cm³/mol. The van der Waals surface area contributed by atoms with Crippen LogP contribution in [0.2, 0.25) is 0 Å². The number of nitrogens with two attached hydrogens (primary N) is 1. The number of esters is 1. The molecule has 0 unspecified atom stereocenters. The summed E-state index contributed by atoms with van der Waals surface area (Å²) < 4.78 is 4.85. The third kappa shape index (κ3) is 4.47. The van der Waals surface area contributed by atoms with Crippen molar-refractivity contribution in [1.82, 2.24) is 5.32 Å². The summed E-state index contributed by atoms with van der Waals surface area (Å²) in [7, 11) is 1.34. The zero-order chi connectivity index (χ0) is 16.9. The fourth-order valence-electron chi connectivity index (χ4n) is 3.12. The Kier molecular flexibility index (Phi) is 5.64. The van der Waals surface area contributed by atoms with Crippen molar-refractivity contribution in [3.8, 4) is 0 Å². The van der Waals surface area contributed by atoms with Gasteiger partial charge in [0.25, 0.3) is 0 Å². The molecule has 0 bridgehead atoms. The summed E-state index contributed by atoms with van der Waals surface area (Å²) in [6.45, 7) is 1.99. The number of benzene rings is 1. The van der Waals surface area contributed by atoms with Gasteiger partial charge >= 0.3 is 5.97 Å². The largest absolute Gasteiger partial charge is 0.467 e. The van der Waals surface area contributed by atoms with Gasteiger partial charge in [-0.25, -0.2) is 4.79 Å². The molecule has 0 spiro atoms. The van der Waals surface area contributed by atoms with Crippen LogP contribution in [0.15, 0.2) is 24.3 Å². The number of nitrogens with one attached hydrogen (secondary N) is 1. The summed E-state index contributed by atoms with van der Waals surface area (Å²) in [4.78, 5) is 24.7. The molecule has 1 aromatic rings. The SMILES string of the molecule is COC(=O)[C@H](Cc1ccc(N)cc1)NC(=O)C1(C)CCCCC1. The van der Waals surface area contributed by atoms with Crippen LogP contribution in [-0.4, -0.2) is 25.0 Å². The fraction of sp³-hybridized carbons (Fsp3) is 0.556. The first-order valence-corrected chi connectivity index (χ1v) is 8.18. The highest BCUT2D eigenvalue weighted by Crippen LogP contribution is 2.36. The van der Waals surface area contributed by atoms with Crippen molar-refractivity contribution in [3.05, 3.63) is 29.8 Å². The molecule has 1 aromatic carbocycles. The van der Waals surface area contributed by atoms with Gasteiger partial charge in [0.1, 0.15) is 6.04 Å². The normalized spacial score (nSPS) is 18.0. The number of anilines is 1. The molecule has 0 saturated heterocycles. The lowest BCUT2D eigenvalue weighted by Crippen LogP contribution is -2.49. The van der Waals surface area contributed by atoms with E-state index in [0.717, 1.165) is 31.2 Å². The van der Waals surface area contributed by atoms with Gasteiger partial charge in [0.2, 0.25) is 5.91 Å². The maximum atomic E-state index is 12.7. The smallest absolute Gasteiger partial charge is 0.328 e. The minimum absolute atomic E-state index is 0.0527. The van der Waals surface area contributed by atoms with Gasteiger partial charge in [-0.3, -0.25) is 4.79 Å². The van der Waals surface area contributed by atoms with Gasteiger partial charge in [-0.2, -0.15) is 0 Å². The third-order valence-electron chi connectivity index (χ3n) is 4.72. The summed E-state index contributed by atoms with van der Waals surface area (Å²) in [5, 5.41) is 2.90. The van der Waals surface area contributed by atoms with Gasteiger partial charge in [-0.15, -0.1) is 0 Å². The second-order valence-electron chi connectivity index (χ2n) is 6.62. The van der Waals surface area contributed by atoms with Gasteiger partial charge in [0, 0.05) is 17.5 Å². The Hall–Kier alpha value is -2.04. The van der Waals surface area contributed by atoms with Gasteiger partial charge in [-0.1, -0.05) is 38.3 Å². The molecular formula is C18H26N2O3. The van der Waals surface area contributed by atoms with Gasteiger partial charge < -0.3 is 15.8 Å². The Morgan fingerprint density at radius 2 is 1.83 bits per heavy atom. The summed E-state index contributed by atoms with van der Waals surface area (Å²) in [6.07, 6.45) is 5.43. The van der Waals surface area contributed by atoms with Crippen LogP contribution in [0, 0.1) is 5.41 Å². The summed E-state index contributed by atoms with van der Waals surface area (Å²) >= 11 is 0. The lowest BCUT2D eigenvalue weighted by molar-refractivity contribution is -0.146. The fourth-order valence-corrected chi connectivity index (χ4v) is 3.12. The second kappa shape index (κ2) is 7.49. The molecule has 1 fully saturated rings. The first kappa shape index (κ1) is 17.3. The van der Waals surface area contributed by atoms with E-state index in [1.165, 1.54) is 13.5 Å². The van der Waals surface area contributed by atoms with E-state index in [1.54, 1.807) is 12.1 Å².